The Bertz CT molecular complexity index is 1520. The van der Waals surface area contributed by atoms with Crippen LogP contribution in [0.3, 0.4) is 0 Å². The van der Waals surface area contributed by atoms with E-state index in [0.717, 1.165) is 22.3 Å². The first-order valence-electron chi connectivity index (χ1n) is 13.0. The van der Waals surface area contributed by atoms with Crippen LogP contribution in [0.4, 0.5) is 15.9 Å². The van der Waals surface area contributed by atoms with Gasteiger partial charge in [-0.3, -0.25) is 14.4 Å². The number of fused-ring (bicyclic) bond motifs is 3. The molecule has 1 aliphatic carbocycles. The van der Waals surface area contributed by atoms with Crippen LogP contribution >= 0.6 is 11.8 Å². The number of thioether (sulfide) groups is 1. The predicted octanol–water partition coefficient (Wildman–Crippen LogP) is 4.55. The molecular weight excluding hydrogens is 515 g/mol. The average Bonchev–Trinajstić information content (AvgIpc) is 3.38. The number of aryl methyl sites for hydroxylation is 1. The first-order chi connectivity index (χ1) is 18.6. The third kappa shape index (κ3) is 4.38. The number of hydrogen-bond donors (Lipinski definition) is 2. The van der Waals surface area contributed by atoms with Gasteiger partial charge < -0.3 is 15.5 Å². The van der Waals surface area contributed by atoms with E-state index >= 15 is 0 Å². The highest BCUT2D eigenvalue weighted by Gasteiger charge is 2.51. The molecule has 2 aromatic carbocycles. The van der Waals surface area contributed by atoms with E-state index in [-0.39, 0.29) is 30.1 Å². The minimum Gasteiger partial charge on any atom is -0.325 e. The standard InChI is InChI=1S/C30H29FN4O3S/c1-17-9-19(11-21(31)10-17)24-16-39-29(2,3)28(38)35(24)15-25(36)33-22-7-6-18-13-30(14-20(18)12-22)23-5-4-8-32-26(23)34-27(30)37/h4-12,24H,13-16H2,1-3H3,(H,33,36)(H,32,34,37). The number of amides is 3. The Labute approximate surface area is 230 Å². The molecule has 7 nitrogen and oxygen atoms in total. The molecule has 1 saturated heterocycles. The minimum absolute atomic E-state index is 0.0549. The van der Waals surface area contributed by atoms with Crippen molar-refractivity contribution in [1.82, 2.24) is 9.88 Å². The molecule has 2 aliphatic heterocycles. The van der Waals surface area contributed by atoms with Crippen LogP contribution in [0.1, 0.15) is 47.7 Å². The van der Waals surface area contributed by atoms with Gasteiger partial charge in [0, 0.05) is 23.2 Å². The van der Waals surface area contributed by atoms with Crippen molar-refractivity contribution in [2.45, 2.75) is 49.8 Å². The second-order valence-electron chi connectivity index (χ2n) is 11.2. The first kappa shape index (κ1) is 25.6. The van der Waals surface area contributed by atoms with Gasteiger partial charge in [0.25, 0.3) is 0 Å². The summed E-state index contributed by atoms with van der Waals surface area (Å²) < 4.78 is 13.5. The van der Waals surface area contributed by atoms with Crippen molar-refractivity contribution in [3.05, 3.63) is 88.4 Å². The van der Waals surface area contributed by atoms with Crippen molar-refractivity contribution >= 4 is 41.0 Å². The van der Waals surface area contributed by atoms with Crippen LogP contribution in [-0.2, 0) is 32.6 Å². The summed E-state index contributed by atoms with van der Waals surface area (Å²) >= 11 is 1.51. The second-order valence-corrected chi connectivity index (χ2v) is 12.8. The molecule has 0 saturated carbocycles. The predicted molar refractivity (Wildman–Crippen MR) is 149 cm³/mol. The second kappa shape index (κ2) is 9.19. The molecule has 1 fully saturated rings. The third-order valence-electron chi connectivity index (χ3n) is 7.98. The molecule has 39 heavy (non-hydrogen) atoms. The van der Waals surface area contributed by atoms with E-state index < -0.39 is 16.2 Å². The zero-order valence-corrected chi connectivity index (χ0v) is 22.8. The summed E-state index contributed by atoms with van der Waals surface area (Å²) in [5.74, 6) is 0.275. The normalized spacial score (nSPS) is 23.0. The summed E-state index contributed by atoms with van der Waals surface area (Å²) in [7, 11) is 0. The van der Waals surface area contributed by atoms with Gasteiger partial charge in [-0.15, -0.1) is 11.8 Å². The van der Waals surface area contributed by atoms with E-state index in [1.807, 2.05) is 57.2 Å². The maximum absolute atomic E-state index is 14.2. The molecule has 0 bridgehead atoms. The van der Waals surface area contributed by atoms with E-state index in [1.165, 1.54) is 23.9 Å². The van der Waals surface area contributed by atoms with Crippen LogP contribution in [0.15, 0.2) is 54.7 Å². The minimum atomic E-state index is -0.686. The number of halogens is 1. The average molecular weight is 545 g/mol. The fourth-order valence-corrected chi connectivity index (χ4v) is 7.23. The SMILES string of the molecule is Cc1cc(F)cc(C2CSC(C)(C)C(=O)N2CC(=O)Nc2ccc3c(c2)CC2(C3)C(=O)Nc3ncccc32)c1. The van der Waals surface area contributed by atoms with Crippen molar-refractivity contribution in [1.29, 1.82) is 0 Å². The Kier molecular flexibility index (Phi) is 6.02. The van der Waals surface area contributed by atoms with Gasteiger partial charge in [-0.25, -0.2) is 9.37 Å². The van der Waals surface area contributed by atoms with Crippen molar-refractivity contribution in [3.8, 4) is 0 Å². The van der Waals surface area contributed by atoms with E-state index in [1.54, 1.807) is 11.1 Å². The van der Waals surface area contributed by atoms with Gasteiger partial charge in [-0.2, -0.15) is 0 Å². The van der Waals surface area contributed by atoms with Gasteiger partial charge in [-0.05, 0) is 86.2 Å². The number of pyridine rings is 1. The third-order valence-corrected chi connectivity index (χ3v) is 9.36. The summed E-state index contributed by atoms with van der Waals surface area (Å²) in [5.41, 5.74) is 4.34. The highest BCUT2D eigenvalue weighted by atomic mass is 32.2. The molecular formula is C30H29FN4O3S. The molecule has 6 rings (SSSR count). The molecule has 0 radical (unpaired) electrons. The highest BCUT2D eigenvalue weighted by Crippen LogP contribution is 2.47. The Morgan fingerprint density at radius 3 is 2.74 bits per heavy atom. The van der Waals surface area contributed by atoms with Crippen LogP contribution < -0.4 is 10.6 Å². The largest absolute Gasteiger partial charge is 0.325 e. The van der Waals surface area contributed by atoms with Gasteiger partial charge in [-0.1, -0.05) is 18.2 Å². The monoisotopic (exact) mass is 544 g/mol. The van der Waals surface area contributed by atoms with Gasteiger partial charge in [0.15, 0.2) is 0 Å². The molecule has 200 valence electrons. The topological polar surface area (TPSA) is 91.4 Å². The van der Waals surface area contributed by atoms with Crippen LogP contribution in [-0.4, -0.2) is 44.7 Å². The molecule has 9 heteroatoms. The van der Waals surface area contributed by atoms with Crippen molar-refractivity contribution < 1.29 is 18.8 Å². The fourth-order valence-electron chi connectivity index (χ4n) is 6.04. The van der Waals surface area contributed by atoms with Gasteiger partial charge in [0.2, 0.25) is 17.7 Å². The van der Waals surface area contributed by atoms with E-state index in [2.05, 4.69) is 15.6 Å². The number of anilines is 2. The summed E-state index contributed by atoms with van der Waals surface area (Å²) in [6.45, 7) is 5.36. The molecule has 3 aliphatic rings. The van der Waals surface area contributed by atoms with Crippen LogP contribution in [0.25, 0.3) is 0 Å². The lowest BCUT2D eigenvalue weighted by Crippen LogP contribution is -2.52. The smallest absolute Gasteiger partial charge is 0.244 e. The van der Waals surface area contributed by atoms with E-state index in [9.17, 15) is 18.8 Å². The maximum atomic E-state index is 14.2. The maximum Gasteiger partial charge on any atom is 0.244 e. The van der Waals surface area contributed by atoms with Crippen molar-refractivity contribution in [2.24, 2.45) is 0 Å². The fraction of sp³-hybridized carbons (Fsp3) is 0.333. The first-order valence-corrected chi connectivity index (χ1v) is 13.9. The zero-order chi connectivity index (χ0) is 27.5. The van der Waals surface area contributed by atoms with Crippen LogP contribution in [0.5, 0.6) is 0 Å². The van der Waals surface area contributed by atoms with E-state index in [0.29, 0.717) is 35.7 Å². The molecule has 3 aromatic rings. The number of rotatable bonds is 4. The Morgan fingerprint density at radius 2 is 1.95 bits per heavy atom. The number of carbonyl (C=O) groups is 3. The molecule has 2 unspecified atom stereocenters. The molecule has 2 atom stereocenters. The molecule has 1 spiro atoms. The lowest BCUT2D eigenvalue weighted by Gasteiger charge is -2.42. The van der Waals surface area contributed by atoms with Gasteiger partial charge in [0.05, 0.1) is 16.2 Å². The summed E-state index contributed by atoms with van der Waals surface area (Å²) in [4.78, 5) is 45.5. The van der Waals surface area contributed by atoms with Crippen molar-refractivity contribution in [2.75, 3.05) is 22.9 Å². The number of nitrogens with one attached hydrogen (secondary N) is 2. The van der Waals surface area contributed by atoms with Crippen LogP contribution in [0, 0.1) is 12.7 Å². The summed E-state index contributed by atoms with van der Waals surface area (Å²) in [6, 6.07) is 13.8. The van der Waals surface area contributed by atoms with E-state index in [4.69, 9.17) is 0 Å². The van der Waals surface area contributed by atoms with Crippen molar-refractivity contribution in [3.63, 3.8) is 0 Å². The lowest BCUT2D eigenvalue weighted by molar-refractivity contribution is -0.139. The summed E-state index contributed by atoms with van der Waals surface area (Å²) in [6.07, 6.45) is 2.76. The highest BCUT2D eigenvalue weighted by molar-refractivity contribution is 8.01. The molecule has 3 heterocycles. The quantitative estimate of drug-likeness (QED) is 0.503. The Hall–Kier alpha value is -3.72. The number of nitrogens with zero attached hydrogens (tertiary/aromatic N) is 2. The number of hydrogen-bond acceptors (Lipinski definition) is 5. The molecule has 3 amide bonds. The summed E-state index contributed by atoms with van der Waals surface area (Å²) in [5, 5.41) is 5.85. The lowest BCUT2D eigenvalue weighted by atomic mass is 9.79. The molecule has 2 N–H and O–H groups in total. The Balaban J connectivity index is 1.22. The molecule has 1 aromatic heterocycles. The number of carbonyl (C=O) groups excluding carboxylic acids is 3. The van der Waals surface area contributed by atoms with Gasteiger partial charge >= 0.3 is 0 Å². The van der Waals surface area contributed by atoms with Gasteiger partial charge in [0.1, 0.15) is 18.2 Å². The zero-order valence-electron chi connectivity index (χ0n) is 22.0. The Morgan fingerprint density at radius 1 is 1.15 bits per heavy atom. The number of aromatic nitrogens is 1. The number of benzene rings is 2. The van der Waals surface area contributed by atoms with Crippen LogP contribution in [0.2, 0.25) is 0 Å².